The first-order valence-electron chi connectivity index (χ1n) is 9.73. The van der Waals surface area contributed by atoms with E-state index in [0.29, 0.717) is 18.7 Å². The molecule has 1 saturated heterocycles. The molecule has 148 valence electrons. The molecule has 2 heterocycles. The van der Waals surface area contributed by atoms with Crippen LogP contribution in [0.4, 0.5) is 0 Å². The third-order valence-corrected chi connectivity index (χ3v) is 4.86. The lowest BCUT2D eigenvalue weighted by atomic mass is 10.0. The van der Waals surface area contributed by atoms with E-state index in [1.165, 1.54) is 0 Å². The molecule has 1 unspecified atom stereocenters. The molecule has 0 saturated carbocycles. The molecule has 1 fully saturated rings. The third-order valence-electron chi connectivity index (χ3n) is 4.86. The Labute approximate surface area is 162 Å². The van der Waals surface area contributed by atoms with Crippen molar-refractivity contribution in [1.29, 1.82) is 0 Å². The van der Waals surface area contributed by atoms with Gasteiger partial charge < -0.3 is 15.0 Å². The highest BCUT2D eigenvalue weighted by Crippen LogP contribution is 2.14. The summed E-state index contributed by atoms with van der Waals surface area (Å²) in [5, 5.41) is 3.09. The molecule has 0 aliphatic carbocycles. The van der Waals surface area contributed by atoms with Crippen LogP contribution in [-0.2, 0) is 16.1 Å². The first-order valence-corrected chi connectivity index (χ1v) is 9.73. The summed E-state index contributed by atoms with van der Waals surface area (Å²) in [5.41, 5.74) is 2.45. The highest BCUT2D eigenvalue weighted by atomic mass is 16.5. The summed E-state index contributed by atoms with van der Waals surface area (Å²) in [6, 6.07) is 1.74. The number of rotatable bonds is 6. The summed E-state index contributed by atoms with van der Waals surface area (Å²) >= 11 is 0. The van der Waals surface area contributed by atoms with Crippen LogP contribution in [0.1, 0.15) is 61.9 Å². The molecule has 27 heavy (non-hydrogen) atoms. The second-order valence-electron chi connectivity index (χ2n) is 7.16. The van der Waals surface area contributed by atoms with Gasteiger partial charge in [0.1, 0.15) is 0 Å². The Morgan fingerprint density at radius 1 is 1.33 bits per heavy atom. The van der Waals surface area contributed by atoms with Crippen LogP contribution in [0.3, 0.4) is 0 Å². The van der Waals surface area contributed by atoms with Crippen LogP contribution >= 0.6 is 0 Å². The lowest BCUT2D eigenvalue weighted by Gasteiger charge is -2.30. The van der Waals surface area contributed by atoms with Crippen molar-refractivity contribution in [3.63, 3.8) is 0 Å². The van der Waals surface area contributed by atoms with Gasteiger partial charge in [0.2, 0.25) is 5.91 Å². The average Bonchev–Trinajstić information content (AvgIpc) is 2.64. The van der Waals surface area contributed by atoms with E-state index in [2.05, 4.69) is 10.3 Å². The molecule has 0 radical (unpaired) electrons. The zero-order valence-electron chi connectivity index (χ0n) is 16.7. The molecule has 0 spiro atoms. The normalized spacial score (nSPS) is 18.6. The number of aromatic nitrogens is 1. The van der Waals surface area contributed by atoms with E-state index in [4.69, 9.17) is 4.74 Å². The summed E-state index contributed by atoms with van der Waals surface area (Å²) < 4.78 is 5.10. The Hall–Kier alpha value is -2.21. The van der Waals surface area contributed by atoms with Gasteiger partial charge in [0.25, 0.3) is 5.91 Å². The molecule has 0 bridgehead atoms. The predicted octanol–water partition coefficient (Wildman–Crippen LogP) is 3.09. The Bertz CT molecular complexity index is 672. The second-order valence-corrected chi connectivity index (χ2v) is 7.16. The number of hydrogen-bond acceptors (Lipinski definition) is 4. The summed E-state index contributed by atoms with van der Waals surface area (Å²) in [6.07, 6.45) is 9.84. The van der Waals surface area contributed by atoms with Crippen molar-refractivity contribution >= 4 is 11.8 Å². The molecule has 1 atom stereocenters. The van der Waals surface area contributed by atoms with E-state index in [-0.39, 0.29) is 17.9 Å². The highest BCUT2D eigenvalue weighted by molar-refractivity contribution is 5.94. The number of hydrogen-bond donors (Lipinski definition) is 1. The number of nitrogens with zero attached hydrogens (tertiary/aromatic N) is 2. The number of pyridine rings is 1. The molecule has 0 aromatic carbocycles. The smallest absolute Gasteiger partial charge is 0.253 e. The van der Waals surface area contributed by atoms with Crippen molar-refractivity contribution in [2.24, 2.45) is 0 Å². The van der Waals surface area contributed by atoms with Crippen LogP contribution in [0.5, 0.6) is 0 Å². The van der Waals surface area contributed by atoms with Gasteiger partial charge in [-0.05, 0) is 37.8 Å². The van der Waals surface area contributed by atoms with E-state index < -0.39 is 0 Å². The van der Waals surface area contributed by atoms with Crippen LogP contribution < -0.4 is 5.32 Å². The van der Waals surface area contributed by atoms with E-state index in [1.807, 2.05) is 18.7 Å². The van der Waals surface area contributed by atoms with Crippen LogP contribution in [0.15, 0.2) is 30.1 Å². The van der Waals surface area contributed by atoms with Gasteiger partial charge in [-0.15, -0.1) is 0 Å². The van der Waals surface area contributed by atoms with Gasteiger partial charge in [-0.1, -0.05) is 25.3 Å². The number of allylic oxidation sites excluding steroid dienone is 1. The maximum absolute atomic E-state index is 12.7. The lowest BCUT2D eigenvalue weighted by Crippen LogP contribution is -2.46. The lowest BCUT2D eigenvalue weighted by molar-refractivity contribution is -0.126. The van der Waals surface area contributed by atoms with Crippen molar-refractivity contribution in [1.82, 2.24) is 15.2 Å². The van der Waals surface area contributed by atoms with E-state index in [0.717, 1.165) is 49.8 Å². The fourth-order valence-electron chi connectivity index (χ4n) is 3.17. The van der Waals surface area contributed by atoms with Crippen LogP contribution in [0.2, 0.25) is 0 Å². The largest absolute Gasteiger partial charge is 0.380 e. The molecule has 6 heteroatoms. The minimum Gasteiger partial charge on any atom is -0.380 e. The van der Waals surface area contributed by atoms with Crippen LogP contribution in [0, 0.1) is 0 Å². The summed E-state index contributed by atoms with van der Waals surface area (Å²) in [4.78, 5) is 31.2. The molecule has 1 aliphatic rings. The number of nitrogens with one attached hydrogen (secondary N) is 1. The number of methoxy groups -OCH3 is 1. The molecule has 1 aliphatic heterocycles. The fourth-order valence-corrected chi connectivity index (χ4v) is 3.17. The molecule has 1 aromatic heterocycles. The minimum absolute atomic E-state index is 0.0410. The van der Waals surface area contributed by atoms with Crippen LogP contribution in [-0.4, -0.2) is 47.9 Å². The van der Waals surface area contributed by atoms with E-state index >= 15 is 0 Å². The number of amides is 2. The first kappa shape index (κ1) is 21.1. The monoisotopic (exact) mass is 373 g/mol. The van der Waals surface area contributed by atoms with Crippen molar-refractivity contribution in [3.8, 4) is 0 Å². The predicted molar refractivity (Wildman–Crippen MR) is 105 cm³/mol. The maximum atomic E-state index is 12.7. The summed E-state index contributed by atoms with van der Waals surface area (Å²) in [5.74, 6) is -0.113. The third kappa shape index (κ3) is 6.79. The number of likely N-dealkylation sites (tertiary alicyclic amines) is 1. The second kappa shape index (κ2) is 10.8. The number of carbonyl (C=O) groups is 2. The topological polar surface area (TPSA) is 71.5 Å². The van der Waals surface area contributed by atoms with Gasteiger partial charge >= 0.3 is 0 Å². The Kier molecular flexibility index (Phi) is 8.45. The van der Waals surface area contributed by atoms with Crippen molar-refractivity contribution in [3.05, 3.63) is 41.2 Å². The summed E-state index contributed by atoms with van der Waals surface area (Å²) in [7, 11) is 1.61. The fraction of sp³-hybridized carbons (Fsp3) is 0.571. The van der Waals surface area contributed by atoms with Crippen molar-refractivity contribution < 1.29 is 14.3 Å². The SMILES string of the molecule is CC/C(C)=C/C(=O)N1CCCCCC(NC(=O)c2cncc(COC)c2)C1. The van der Waals surface area contributed by atoms with Gasteiger partial charge in [-0.25, -0.2) is 0 Å². The standard InChI is InChI=1S/C21H31N3O3/c1-4-16(2)10-20(25)24-9-7-5-6-8-19(14-24)23-21(26)18-11-17(15-27-3)12-22-13-18/h10-13,19H,4-9,14-15H2,1-3H3,(H,23,26)/b16-10+. The Morgan fingerprint density at radius 2 is 2.15 bits per heavy atom. The average molecular weight is 373 g/mol. The van der Waals surface area contributed by atoms with Crippen LogP contribution in [0.25, 0.3) is 0 Å². The van der Waals surface area contributed by atoms with Gasteiger partial charge in [-0.3, -0.25) is 14.6 Å². The molecule has 6 nitrogen and oxygen atoms in total. The quantitative estimate of drug-likeness (QED) is 0.778. The molecule has 1 N–H and O–H groups in total. The highest BCUT2D eigenvalue weighted by Gasteiger charge is 2.22. The zero-order chi connectivity index (χ0) is 19.6. The minimum atomic E-state index is -0.154. The van der Waals surface area contributed by atoms with Gasteiger partial charge in [0.05, 0.1) is 12.2 Å². The van der Waals surface area contributed by atoms with Gasteiger partial charge in [-0.2, -0.15) is 0 Å². The van der Waals surface area contributed by atoms with Gasteiger partial charge in [0, 0.05) is 44.7 Å². The van der Waals surface area contributed by atoms with Gasteiger partial charge in [0.15, 0.2) is 0 Å². The summed E-state index contributed by atoms with van der Waals surface area (Å²) in [6.45, 7) is 5.72. The molecular weight excluding hydrogens is 342 g/mol. The first-order chi connectivity index (χ1) is 13.0. The molecule has 2 amide bonds. The van der Waals surface area contributed by atoms with E-state index in [1.54, 1.807) is 31.6 Å². The number of carbonyl (C=O) groups excluding carboxylic acids is 2. The Balaban J connectivity index is 2.05. The van der Waals surface area contributed by atoms with Crippen molar-refractivity contribution in [2.75, 3.05) is 20.2 Å². The molecule has 2 rings (SSSR count). The number of ether oxygens (including phenoxy) is 1. The molecule has 1 aromatic rings. The Morgan fingerprint density at radius 3 is 2.89 bits per heavy atom. The van der Waals surface area contributed by atoms with Crippen molar-refractivity contribution in [2.45, 2.75) is 58.6 Å². The maximum Gasteiger partial charge on any atom is 0.253 e. The zero-order valence-corrected chi connectivity index (χ0v) is 16.7. The van der Waals surface area contributed by atoms with E-state index in [9.17, 15) is 9.59 Å². The molecular formula is C21H31N3O3.